The van der Waals surface area contributed by atoms with Gasteiger partial charge in [0.25, 0.3) is 0 Å². The van der Waals surface area contributed by atoms with Gasteiger partial charge in [0.2, 0.25) is 11.8 Å². The Balaban J connectivity index is 1.44. The van der Waals surface area contributed by atoms with E-state index in [2.05, 4.69) is 15.6 Å². The van der Waals surface area contributed by atoms with Crippen molar-refractivity contribution in [1.82, 2.24) is 9.88 Å². The number of anilines is 3. The number of carbonyl (C=O) groups excluding carboxylic acids is 4. The molecule has 1 atom stereocenters. The Morgan fingerprint density at radius 1 is 0.918 bits per heavy atom. The van der Waals surface area contributed by atoms with E-state index in [1.165, 1.54) is 23.1 Å². The van der Waals surface area contributed by atoms with E-state index in [1.54, 1.807) is 85.0 Å². The Labute approximate surface area is 356 Å². The molecule has 16 heteroatoms. The van der Waals surface area contributed by atoms with Gasteiger partial charge < -0.3 is 29.7 Å². The van der Waals surface area contributed by atoms with E-state index < -0.39 is 56.2 Å². The molecule has 0 spiro atoms. The monoisotopic (exact) mass is 859 g/mol. The Morgan fingerprint density at radius 2 is 1.61 bits per heavy atom. The molecule has 61 heavy (non-hydrogen) atoms. The molecule has 4 bridgehead atoms. The maximum absolute atomic E-state index is 15.8. The molecular formula is C45H54FN5O9S. The Bertz CT molecular complexity index is 2430. The molecule has 1 aromatic heterocycles. The van der Waals surface area contributed by atoms with E-state index in [-0.39, 0.29) is 46.8 Å². The van der Waals surface area contributed by atoms with E-state index in [1.807, 2.05) is 6.92 Å². The van der Waals surface area contributed by atoms with E-state index in [0.717, 1.165) is 19.0 Å². The third-order valence-corrected chi connectivity index (χ3v) is 12.3. The number of unbranched alkanes of at least 4 members (excludes halogenated alkanes) is 1. The second kappa shape index (κ2) is 17.7. The number of aromatic nitrogens is 1. The van der Waals surface area contributed by atoms with Gasteiger partial charge in [-0.15, -0.1) is 0 Å². The first-order valence-corrected chi connectivity index (χ1v) is 22.0. The SMILES string of the molecule is CCCCOc1ccc2cc1CCC(=O)Nc1ccc(S(=O)(=O)C3CC3)c(c1)CN(C)C(=O)[C@@H]2Nc1ccc2c(N(C(=O)OC(C)(C)C)C(=O)OC(C)(C)C)ncc(F)c2c1. The fraction of sp³-hybridized carbons (Fsp3) is 0.444. The summed E-state index contributed by atoms with van der Waals surface area (Å²) in [6.45, 7) is 12.2. The van der Waals surface area contributed by atoms with Gasteiger partial charge in [-0.25, -0.2) is 27.4 Å². The molecule has 14 nitrogen and oxygen atoms in total. The highest BCUT2D eigenvalue weighted by Crippen LogP contribution is 2.38. The summed E-state index contributed by atoms with van der Waals surface area (Å²) < 4.78 is 60.2. The first-order chi connectivity index (χ1) is 28.6. The average Bonchev–Trinajstić information content (AvgIpc) is 4.03. The zero-order chi connectivity index (χ0) is 44.4. The number of imide groups is 1. The number of aryl methyl sites for hydroxylation is 1. The van der Waals surface area contributed by atoms with Gasteiger partial charge in [0, 0.05) is 42.2 Å². The van der Waals surface area contributed by atoms with Crippen molar-refractivity contribution in [2.45, 2.75) is 121 Å². The number of halogens is 1. The molecule has 0 saturated heterocycles. The molecule has 4 aromatic rings. The van der Waals surface area contributed by atoms with Crippen molar-refractivity contribution in [2.75, 3.05) is 29.2 Å². The summed E-state index contributed by atoms with van der Waals surface area (Å²) in [7, 11) is -2.13. The minimum atomic E-state index is -3.69. The number of hydrogen-bond donors (Lipinski definition) is 2. The lowest BCUT2D eigenvalue weighted by Crippen LogP contribution is -2.44. The molecule has 0 radical (unpaired) electrons. The van der Waals surface area contributed by atoms with E-state index >= 15 is 4.39 Å². The van der Waals surface area contributed by atoms with E-state index in [9.17, 15) is 27.6 Å². The zero-order valence-electron chi connectivity index (χ0n) is 35.9. The van der Waals surface area contributed by atoms with Crippen LogP contribution in [-0.4, -0.2) is 72.4 Å². The number of ether oxygens (including phenoxy) is 3. The van der Waals surface area contributed by atoms with Crippen molar-refractivity contribution in [1.29, 1.82) is 0 Å². The van der Waals surface area contributed by atoms with Crippen molar-refractivity contribution in [3.63, 3.8) is 0 Å². The molecule has 3 aromatic carbocycles. The van der Waals surface area contributed by atoms with E-state index in [4.69, 9.17) is 14.2 Å². The predicted molar refractivity (Wildman–Crippen MR) is 230 cm³/mol. The summed E-state index contributed by atoms with van der Waals surface area (Å²) in [5.74, 6) is -1.16. The van der Waals surface area contributed by atoms with Crippen LogP contribution in [0.15, 0.2) is 65.7 Å². The molecule has 1 aliphatic heterocycles. The molecule has 1 aliphatic carbocycles. The summed E-state index contributed by atoms with van der Waals surface area (Å²) in [5.41, 5.74) is 0.239. The van der Waals surface area contributed by atoms with Gasteiger partial charge in [-0.3, -0.25) is 9.59 Å². The highest BCUT2D eigenvalue weighted by atomic mass is 32.2. The number of carbonyl (C=O) groups is 4. The number of pyridine rings is 1. The molecule has 2 N–H and O–H groups in total. The largest absolute Gasteiger partial charge is 0.493 e. The second-order valence-electron chi connectivity index (χ2n) is 17.4. The summed E-state index contributed by atoms with van der Waals surface area (Å²) in [6.07, 6.45) is 1.88. The van der Waals surface area contributed by atoms with Crippen LogP contribution in [0.2, 0.25) is 0 Å². The lowest BCUT2D eigenvalue weighted by Gasteiger charge is -2.29. The van der Waals surface area contributed by atoms with Crippen LogP contribution in [0.5, 0.6) is 5.75 Å². The van der Waals surface area contributed by atoms with Crippen molar-refractivity contribution in [3.8, 4) is 5.75 Å². The van der Waals surface area contributed by atoms with Crippen LogP contribution in [0.4, 0.5) is 31.2 Å². The predicted octanol–water partition coefficient (Wildman–Crippen LogP) is 8.86. The summed E-state index contributed by atoms with van der Waals surface area (Å²) in [4.78, 5) is 61.4. The number of sulfone groups is 1. The zero-order valence-corrected chi connectivity index (χ0v) is 36.7. The smallest absolute Gasteiger partial charge is 0.425 e. The van der Waals surface area contributed by atoms with Gasteiger partial charge in [0.15, 0.2) is 15.7 Å². The first-order valence-electron chi connectivity index (χ1n) is 20.4. The molecule has 0 unspecified atom stereocenters. The number of benzene rings is 3. The van der Waals surface area contributed by atoms with Crippen molar-refractivity contribution in [3.05, 3.63) is 83.3 Å². The fourth-order valence-corrected chi connectivity index (χ4v) is 8.72. The minimum absolute atomic E-state index is 0.0353. The number of rotatable bonds is 9. The lowest BCUT2D eigenvalue weighted by molar-refractivity contribution is -0.131. The molecule has 2 heterocycles. The Hall–Kier alpha value is -5.77. The highest BCUT2D eigenvalue weighted by molar-refractivity contribution is 7.92. The Morgan fingerprint density at radius 3 is 2.25 bits per heavy atom. The molecule has 4 amide bonds. The summed E-state index contributed by atoms with van der Waals surface area (Å²) in [6, 6.07) is 13.3. The van der Waals surface area contributed by atoms with Crippen LogP contribution in [0.1, 0.15) is 103 Å². The Kier molecular flexibility index (Phi) is 13.0. The van der Waals surface area contributed by atoms with Gasteiger partial charge in [-0.05, 0) is 132 Å². The molecule has 326 valence electrons. The van der Waals surface area contributed by atoms with Crippen LogP contribution in [0, 0.1) is 5.82 Å². The lowest BCUT2D eigenvalue weighted by atomic mass is 9.98. The quantitative estimate of drug-likeness (QED) is 0.154. The summed E-state index contributed by atoms with van der Waals surface area (Å²) >= 11 is 0. The summed E-state index contributed by atoms with van der Waals surface area (Å²) in [5, 5.41) is 5.70. The van der Waals surface area contributed by atoms with Crippen LogP contribution < -0.4 is 20.3 Å². The standard InChI is InChI=1S/C45H54FN5O9S/c1-9-10-21-58-36-18-11-28-22-27(36)12-20-38(52)48-30-14-19-37(61(56,57)32-15-16-32)29(23-30)26-50(8)41(53)39(28)49-31-13-17-33-34(24-31)35(46)25-47-40(33)51(42(54)59-44(2,3)4)43(55)60-45(5,6)7/h11,13-14,17-19,22-25,32,39,49H,9-10,12,15-16,20-21,26H2,1-8H3,(H,48,52)/t39-/m1/s1. The van der Waals surface area contributed by atoms with Crippen LogP contribution in [-0.2, 0) is 41.9 Å². The molecule has 1 saturated carbocycles. The molecule has 6 rings (SSSR count). The van der Waals surface area contributed by atoms with Gasteiger partial charge in [0.1, 0.15) is 28.8 Å². The number of nitrogens with zero attached hydrogens (tertiary/aromatic N) is 3. The minimum Gasteiger partial charge on any atom is -0.493 e. The average molecular weight is 860 g/mol. The highest BCUT2D eigenvalue weighted by Gasteiger charge is 2.39. The number of amides is 4. The van der Waals surface area contributed by atoms with E-state index in [0.29, 0.717) is 58.2 Å². The van der Waals surface area contributed by atoms with Crippen molar-refractivity contribution < 1.29 is 46.2 Å². The van der Waals surface area contributed by atoms with Crippen molar-refractivity contribution in [2.24, 2.45) is 0 Å². The third kappa shape index (κ3) is 10.8. The maximum atomic E-state index is 15.8. The van der Waals surface area contributed by atoms with Gasteiger partial charge >= 0.3 is 12.2 Å². The molecular weight excluding hydrogens is 806 g/mol. The topological polar surface area (TPSA) is 174 Å². The molecule has 2 aliphatic rings. The van der Waals surface area contributed by atoms with Crippen LogP contribution >= 0.6 is 0 Å². The number of hydrogen-bond acceptors (Lipinski definition) is 11. The number of likely N-dealkylation sites (N-methyl/N-ethyl adjacent to an activating group) is 1. The van der Waals surface area contributed by atoms with Gasteiger partial charge in [0.05, 0.1) is 22.9 Å². The molecule has 1 fully saturated rings. The number of nitrogens with one attached hydrogen (secondary N) is 2. The van der Waals surface area contributed by atoms with Crippen LogP contribution in [0.25, 0.3) is 10.8 Å². The second-order valence-corrected chi connectivity index (χ2v) is 19.6. The van der Waals surface area contributed by atoms with Crippen LogP contribution in [0.3, 0.4) is 0 Å². The van der Waals surface area contributed by atoms with Crippen molar-refractivity contribution >= 4 is 61.8 Å². The normalized spacial score (nSPS) is 16.3. The fourth-order valence-electron chi connectivity index (χ4n) is 6.86. The maximum Gasteiger partial charge on any atom is 0.425 e. The third-order valence-electron chi connectivity index (χ3n) is 9.93. The van der Waals surface area contributed by atoms with Gasteiger partial charge in [-0.2, -0.15) is 4.90 Å². The number of fused-ring (bicyclic) bond motifs is 5. The first kappa shape index (κ1) is 44.8. The van der Waals surface area contributed by atoms with Gasteiger partial charge in [-0.1, -0.05) is 19.4 Å².